The molecule has 100 valence electrons. The Labute approximate surface area is 110 Å². The standard InChI is InChI=1S/C13H15FN4O/c1-8-12-16-17-13(18(12)6-5-15-8)9-3-4-10(14)11(7-9)19-2/h3-4,7-8,15H,5-6H2,1-2H3. The number of fused-ring (bicyclic) bond motifs is 1. The molecule has 0 fully saturated rings. The van der Waals surface area contributed by atoms with E-state index in [1.807, 2.05) is 0 Å². The highest BCUT2D eigenvalue weighted by atomic mass is 19.1. The summed E-state index contributed by atoms with van der Waals surface area (Å²) in [6.45, 7) is 3.73. The van der Waals surface area contributed by atoms with Crippen LogP contribution in [0.25, 0.3) is 11.4 Å². The molecule has 0 bridgehead atoms. The number of nitrogens with one attached hydrogen (secondary N) is 1. The van der Waals surface area contributed by atoms with Gasteiger partial charge in [-0.2, -0.15) is 0 Å². The summed E-state index contributed by atoms with van der Waals surface area (Å²) in [5, 5.41) is 11.8. The van der Waals surface area contributed by atoms with Gasteiger partial charge in [-0.3, -0.25) is 0 Å². The van der Waals surface area contributed by atoms with Crippen LogP contribution in [0, 0.1) is 5.82 Å². The molecule has 1 aromatic heterocycles. The van der Waals surface area contributed by atoms with Crippen LogP contribution >= 0.6 is 0 Å². The first-order chi connectivity index (χ1) is 9.20. The molecular formula is C13H15FN4O. The number of halogens is 1. The Morgan fingerprint density at radius 3 is 3.05 bits per heavy atom. The molecule has 0 saturated heterocycles. The Morgan fingerprint density at radius 1 is 1.42 bits per heavy atom. The number of aromatic nitrogens is 3. The van der Waals surface area contributed by atoms with Crippen molar-refractivity contribution in [2.75, 3.05) is 13.7 Å². The number of nitrogens with zero attached hydrogens (tertiary/aromatic N) is 3. The van der Waals surface area contributed by atoms with Crippen molar-refractivity contribution in [3.05, 3.63) is 29.8 Å². The van der Waals surface area contributed by atoms with Gasteiger partial charge in [0.15, 0.2) is 17.4 Å². The van der Waals surface area contributed by atoms with Crippen molar-refractivity contribution >= 4 is 0 Å². The lowest BCUT2D eigenvalue weighted by molar-refractivity contribution is 0.386. The summed E-state index contributed by atoms with van der Waals surface area (Å²) >= 11 is 0. The van der Waals surface area contributed by atoms with Crippen LogP contribution in [-0.4, -0.2) is 28.4 Å². The first-order valence-electron chi connectivity index (χ1n) is 6.21. The van der Waals surface area contributed by atoms with E-state index in [9.17, 15) is 4.39 Å². The van der Waals surface area contributed by atoms with Crippen LogP contribution in [0.4, 0.5) is 4.39 Å². The zero-order chi connectivity index (χ0) is 13.4. The summed E-state index contributed by atoms with van der Waals surface area (Å²) in [5.41, 5.74) is 0.811. The summed E-state index contributed by atoms with van der Waals surface area (Å²) in [5.74, 6) is 1.50. The molecule has 1 N–H and O–H groups in total. The minimum Gasteiger partial charge on any atom is -0.494 e. The SMILES string of the molecule is COc1cc(-c2nnc3n2CCNC3C)ccc1F. The molecule has 2 heterocycles. The molecule has 19 heavy (non-hydrogen) atoms. The molecule has 1 unspecified atom stereocenters. The highest BCUT2D eigenvalue weighted by molar-refractivity contribution is 5.58. The Hall–Kier alpha value is -1.95. The van der Waals surface area contributed by atoms with E-state index >= 15 is 0 Å². The van der Waals surface area contributed by atoms with Crippen molar-refractivity contribution in [1.82, 2.24) is 20.1 Å². The Kier molecular flexibility index (Phi) is 2.94. The van der Waals surface area contributed by atoms with Gasteiger partial charge in [0.25, 0.3) is 0 Å². The van der Waals surface area contributed by atoms with Crippen molar-refractivity contribution in [2.45, 2.75) is 19.5 Å². The molecule has 1 aliphatic rings. The minimum absolute atomic E-state index is 0.178. The maximum atomic E-state index is 13.4. The molecule has 3 rings (SSSR count). The second kappa shape index (κ2) is 4.62. The number of methoxy groups -OCH3 is 1. The fourth-order valence-electron chi connectivity index (χ4n) is 2.35. The largest absolute Gasteiger partial charge is 0.494 e. The van der Waals surface area contributed by atoms with Crippen LogP contribution in [0.1, 0.15) is 18.8 Å². The van der Waals surface area contributed by atoms with Crippen molar-refractivity contribution < 1.29 is 9.13 Å². The van der Waals surface area contributed by atoms with Gasteiger partial charge in [-0.1, -0.05) is 0 Å². The second-order valence-electron chi connectivity index (χ2n) is 4.56. The van der Waals surface area contributed by atoms with Gasteiger partial charge < -0.3 is 14.6 Å². The van der Waals surface area contributed by atoms with Crippen molar-refractivity contribution in [2.24, 2.45) is 0 Å². The topological polar surface area (TPSA) is 52.0 Å². The van der Waals surface area contributed by atoms with E-state index in [-0.39, 0.29) is 17.6 Å². The lowest BCUT2D eigenvalue weighted by Crippen LogP contribution is -2.32. The van der Waals surface area contributed by atoms with Crippen LogP contribution in [-0.2, 0) is 6.54 Å². The van der Waals surface area contributed by atoms with Crippen LogP contribution in [0.2, 0.25) is 0 Å². The van der Waals surface area contributed by atoms with Crippen LogP contribution in [0.5, 0.6) is 5.75 Å². The van der Waals surface area contributed by atoms with Gasteiger partial charge in [0.1, 0.15) is 5.82 Å². The number of rotatable bonds is 2. The normalized spacial score (nSPS) is 18.2. The predicted octanol–water partition coefficient (Wildman–Crippen LogP) is 1.76. The summed E-state index contributed by atoms with van der Waals surface area (Å²) in [6.07, 6.45) is 0. The third kappa shape index (κ3) is 1.98. The molecule has 0 amide bonds. The minimum atomic E-state index is -0.375. The fourth-order valence-corrected chi connectivity index (χ4v) is 2.35. The predicted molar refractivity (Wildman–Crippen MR) is 68.4 cm³/mol. The van der Waals surface area contributed by atoms with Gasteiger partial charge in [0.05, 0.1) is 13.2 Å². The average molecular weight is 262 g/mol. The zero-order valence-corrected chi connectivity index (χ0v) is 10.9. The first-order valence-corrected chi connectivity index (χ1v) is 6.21. The fraction of sp³-hybridized carbons (Fsp3) is 0.385. The second-order valence-corrected chi connectivity index (χ2v) is 4.56. The van der Waals surface area contributed by atoms with Crippen LogP contribution < -0.4 is 10.1 Å². The quantitative estimate of drug-likeness (QED) is 0.896. The van der Waals surface area contributed by atoms with Crippen LogP contribution in [0.3, 0.4) is 0 Å². The number of ether oxygens (including phenoxy) is 1. The third-order valence-electron chi connectivity index (χ3n) is 3.36. The van der Waals surface area contributed by atoms with E-state index in [2.05, 4.69) is 27.0 Å². The van der Waals surface area contributed by atoms with Crippen molar-refractivity contribution in [3.8, 4) is 17.1 Å². The number of benzene rings is 1. The molecule has 2 aromatic rings. The summed E-state index contributed by atoms with van der Waals surface area (Å²) in [4.78, 5) is 0. The van der Waals surface area contributed by atoms with E-state index in [4.69, 9.17) is 4.74 Å². The van der Waals surface area contributed by atoms with Gasteiger partial charge in [-0.15, -0.1) is 10.2 Å². The smallest absolute Gasteiger partial charge is 0.165 e. The number of hydrogen-bond donors (Lipinski definition) is 1. The molecule has 0 saturated carbocycles. The Morgan fingerprint density at radius 2 is 2.26 bits per heavy atom. The monoisotopic (exact) mass is 262 g/mol. The van der Waals surface area contributed by atoms with Gasteiger partial charge in [-0.25, -0.2) is 4.39 Å². The molecule has 0 aliphatic carbocycles. The highest BCUT2D eigenvalue weighted by Crippen LogP contribution is 2.27. The van der Waals surface area contributed by atoms with E-state index in [0.717, 1.165) is 30.3 Å². The Bertz CT molecular complexity index is 611. The summed E-state index contributed by atoms with van der Waals surface area (Å²) in [7, 11) is 1.45. The maximum Gasteiger partial charge on any atom is 0.165 e. The molecular weight excluding hydrogens is 247 g/mol. The first kappa shape index (κ1) is 12.1. The molecule has 6 heteroatoms. The van der Waals surface area contributed by atoms with E-state index in [1.54, 1.807) is 12.1 Å². The zero-order valence-electron chi connectivity index (χ0n) is 10.9. The van der Waals surface area contributed by atoms with Gasteiger partial charge in [-0.05, 0) is 25.1 Å². The lowest BCUT2D eigenvalue weighted by atomic mass is 10.2. The maximum absolute atomic E-state index is 13.4. The molecule has 1 atom stereocenters. The molecule has 1 aliphatic heterocycles. The van der Waals surface area contributed by atoms with Gasteiger partial charge >= 0.3 is 0 Å². The highest BCUT2D eigenvalue weighted by Gasteiger charge is 2.22. The lowest BCUT2D eigenvalue weighted by Gasteiger charge is -2.22. The Balaban J connectivity index is 2.08. The average Bonchev–Trinajstić information content (AvgIpc) is 2.85. The van der Waals surface area contributed by atoms with E-state index in [0.29, 0.717) is 0 Å². The molecule has 0 radical (unpaired) electrons. The molecule has 1 aromatic carbocycles. The molecule has 0 spiro atoms. The van der Waals surface area contributed by atoms with Crippen LogP contribution in [0.15, 0.2) is 18.2 Å². The summed E-state index contributed by atoms with van der Waals surface area (Å²) < 4.78 is 20.5. The number of hydrogen-bond acceptors (Lipinski definition) is 4. The van der Waals surface area contributed by atoms with E-state index < -0.39 is 0 Å². The van der Waals surface area contributed by atoms with Crippen molar-refractivity contribution in [1.29, 1.82) is 0 Å². The van der Waals surface area contributed by atoms with Gasteiger partial charge in [0, 0.05) is 18.7 Å². The van der Waals surface area contributed by atoms with Gasteiger partial charge in [0.2, 0.25) is 0 Å². The van der Waals surface area contributed by atoms with E-state index in [1.165, 1.54) is 13.2 Å². The third-order valence-corrected chi connectivity index (χ3v) is 3.36. The van der Waals surface area contributed by atoms with Crippen molar-refractivity contribution in [3.63, 3.8) is 0 Å². The summed E-state index contributed by atoms with van der Waals surface area (Å²) in [6, 6.07) is 4.92. The molecule has 5 nitrogen and oxygen atoms in total.